The molecule has 0 saturated carbocycles. The molecule has 2 rings (SSSR count). The van der Waals surface area contributed by atoms with E-state index in [0.717, 1.165) is 12.4 Å². The van der Waals surface area contributed by atoms with E-state index in [9.17, 15) is 0 Å². The van der Waals surface area contributed by atoms with Crippen molar-refractivity contribution in [1.82, 2.24) is 0 Å². The quantitative estimate of drug-likeness (QED) is 0.129. The lowest BCUT2D eigenvalue weighted by Crippen LogP contribution is -2.18. The van der Waals surface area contributed by atoms with Crippen LogP contribution in [0.25, 0.3) is 0 Å². The van der Waals surface area contributed by atoms with Gasteiger partial charge in [0.25, 0.3) is 3.79 Å². The Hall–Kier alpha value is 0.140. The van der Waals surface area contributed by atoms with Gasteiger partial charge in [-0.05, 0) is 54.2 Å². The molecule has 0 radical (unpaired) electrons. The van der Waals surface area contributed by atoms with Gasteiger partial charge < -0.3 is 9.84 Å². The summed E-state index contributed by atoms with van der Waals surface area (Å²) in [6.07, 6.45) is 2.12. The fraction of sp³-hybridized carbons (Fsp3) is 0.581. The van der Waals surface area contributed by atoms with Gasteiger partial charge in [-0.25, -0.2) is 0 Å². The van der Waals surface area contributed by atoms with Crippen LogP contribution in [0.3, 0.4) is 0 Å². The first-order valence-corrected chi connectivity index (χ1v) is 18.7. The Balaban J connectivity index is -0.000000213. The number of aliphatic hydroxyl groups excluding tert-OH is 1. The third-order valence-corrected chi connectivity index (χ3v) is 8.15. The lowest BCUT2D eigenvalue weighted by molar-refractivity contribution is 0.391. The molecule has 2 aromatic rings. The lowest BCUT2D eigenvalue weighted by Gasteiger charge is -2.08. The number of aliphatic hydroxyl groups is 1. The summed E-state index contributed by atoms with van der Waals surface area (Å²) in [4.78, 5) is 2.73. The van der Waals surface area contributed by atoms with E-state index in [2.05, 4.69) is 122 Å². The van der Waals surface area contributed by atoms with Crippen LogP contribution >= 0.6 is 81.9 Å². The number of aryl methyl sites for hydroxylation is 1. The molecule has 2 aromatic carbocycles. The van der Waals surface area contributed by atoms with Gasteiger partial charge in [0.1, 0.15) is 0 Å². The van der Waals surface area contributed by atoms with E-state index in [-0.39, 0.29) is 5.90 Å². The lowest BCUT2D eigenvalue weighted by atomic mass is 10.2. The van der Waals surface area contributed by atoms with E-state index in [1.807, 2.05) is 53.1 Å². The topological polar surface area (TPSA) is 53.3 Å². The van der Waals surface area contributed by atoms with Crippen molar-refractivity contribution in [3.05, 3.63) is 60.2 Å². The molecule has 0 aliphatic carbocycles. The molecule has 0 aliphatic rings. The van der Waals surface area contributed by atoms with Crippen molar-refractivity contribution in [3.8, 4) is 0 Å². The molecular weight excluding hydrogens is 653 g/mol. The highest BCUT2D eigenvalue weighted by atomic mass is 35.6. The molecule has 0 aliphatic heterocycles. The normalized spacial score (nSPS) is 9.83. The molecule has 3 nitrogen and oxygen atoms in total. The minimum absolute atomic E-state index is 0.373. The Morgan fingerprint density at radius 2 is 1.15 bits per heavy atom. The highest BCUT2D eigenvalue weighted by molar-refractivity contribution is 8.00. The summed E-state index contributed by atoms with van der Waals surface area (Å²) >= 11 is 23.1. The van der Waals surface area contributed by atoms with Crippen LogP contribution in [0.4, 0.5) is 0 Å². The first-order valence-electron chi connectivity index (χ1n) is 13.3. The van der Waals surface area contributed by atoms with E-state index >= 15 is 0 Å². The highest BCUT2D eigenvalue weighted by Gasteiger charge is 2.27. The number of methoxy groups -OCH3 is 1. The van der Waals surface area contributed by atoms with Crippen LogP contribution in [0, 0.1) is 12.3 Å². The zero-order valence-corrected chi connectivity index (χ0v) is 32.5. The second kappa shape index (κ2) is 33.0. The Kier molecular flexibility index (Phi) is 38.7. The summed E-state index contributed by atoms with van der Waals surface area (Å²) in [5.41, 5.74) is 1.33. The van der Waals surface area contributed by atoms with Gasteiger partial charge in [-0.15, -0.1) is 23.5 Å². The van der Waals surface area contributed by atoms with E-state index in [0.29, 0.717) is 10.5 Å². The molecule has 10 heteroatoms. The van der Waals surface area contributed by atoms with Crippen molar-refractivity contribution in [2.45, 2.75) is 91.6 Å². The van der Waals surface area contributed by atoms with Crippen LogP contribution < -0.4 is 0 Å². The fourth-order valence-corrected chi connectivity index (χ4v) is 4.32. The van der Waals surface area contributed by atoms with Crippen molar-refractivity contribution < 1.29 is 9.84 Å². The largest absolute Gasteiger partial charge is 0.481 e. The summed E-state index contributed by atoms with van der Waals surface area (Å²) in [5, 5.41) is 15.9. The molecule has 0 fully saturated rings. The smallest absolute Gasteiger partial charge is 0.265 e. The monoisotopic (exact) mass is 705 g/mol. The van der Waals surface area contributed by atoms with Gasteiger partial charge in [-0.2, -0.15) is 23.5 Å². The second-order valence-corrected chi connectivity index (χ2v) is 17.1. The standard InChI is InChI=1S/C10H14S.C9H12S.2C4H10S.C3H4Cl3NO.CH4O/c1-8(2)11-10-6-4-9(3)5-7-10;1-8(2)10-9-6-4-3-5-7-9;1-4(2)5-3;1-3-5-4-2;1-8-2(7)3(4,5)6;1-2/h4-8H,1-3H3;3-8H,1-2H3;4H,1-3H3;3-4H2,1-2H3;7H,1H3;2H,1H3. The molecule has 0 atom stereocenters. The third-order valence-electron chi connectivity index (χ3n) is 3.85. The molecule has 0 saturated heterocycles. The van der Waals surface area contributed by atoms with Gasteiger partial charge in [0.2, 0.25) is 5.90 Å². The van der Waals surface area contributed by atoms with Crippen LogP contribution in [0.1, 0.15) is 61.0 Å². The van der Waals surface area contributed by atoms with Crippen LogP contribution in [0.5, 0.6) is 0 Å². The Morgan fingerprint density at radius 1 is 0.780 bits per heavy atom. The molecule has 41 heavy (non-hydrogen) atoms. The van der Waals surface area contributed by atoms with Crippen molar-refractivity contribution in [2.75, 3.05) is 32.0 Å². The van der Waals surface area contributed by atoms with Gasteiger partial charge in [0.05, 0.1) is 7.11 Å². The molecule has 0 spiro atoms. The van der Waals surface area contributed by atoms with Crippen LogP contribution in [0.15, 0.2) is 64.4 Å². The summed E-state index contributed by atoms with van der Waals surface area (Å²) in [7, 11) is 2.27. The number of nitrogens with one attached hydrogen (secondary N) is 1. The van der Waals surface area contributed by atoms with Crippen molar-refractivity contribution in [3.63, 3.8) is 0 Å². The van der Waals surface area contributed by atoms with Gasteiger partial charge in [-0.3, -0.25) is 5.41 Å². The summed E-state index contributed by atoms with van der Waals surface area (Å²) in [5.74, 6) is 2.15. The van der Waals surface area contributed by atoms with E-state index in [1.54, 1.807) is 0 Å². The Labute approximate surface area is 284 Å². The van der Waals surface area contributed by atoms with Crippen molar-refractivity contribution in [1.29, 1.82) is 5.41 Å². The molecule has 240 valence electrons. The van der Waals surface area contributed by atoms with Gasteiger partial charge in [0, 0.05) is 27.4 Å². The number of hydrogen-bond donors (Lipinski definition) is 2. The minimum atomic E-state index is -1.71. The maximum absolute atomic E-state index is 7.00. The zero-order valence-electron chi connectivity index (χ0n) is 27.0. The number of halogens is 3. The number of hydrogen-bond acceptors (Lipinski definition) is 7. The first-order chi connectivity index (χ1) is 19.1. The summed E-state index contributed by atoms with van der Waals surface area (Å²) in [6.45, 7) is 19.7. The molecule has 0 amide bonds. The van der Waals surface area contributed by atoms with E-state index < -0.39 is 3.79 Å². The van der Waals surface area contributed by atoms with Crippen LogP contribution in [-0.4, -0.2) is 62.5 Å². The van der Waals surface area contributed by atoms with Gasteiger partial charge >= 0.3 is 0 Å². The number of ether oxygens (including phenoxy) is 1. The van der Waals surface area contributed by atoms with Crippen LogP contribution in [-0.2, 0) is 4.74 Å². The molecule has 0 bridgehead atoms. The number of benzene rings is 2. The summed E-state index contributed by atoms with van der Waals surface area (Å²) in [6, 6.07) is 19.2. The maximum atomic E-state index is 7.00. The van der Waals surface area contributed by atoms with Crippen LogP contribution in [0.2, 0.25) is 0 Å². The number of alkyl halides is 3. The number of rotatable bonds is 7. The average molecular weight is 707 g/mol. The van der Waals surface area contributed by atoms with E-state index in [4.69, 9.17) is 45.3 Å². The van der Waals surface area contributed by atoms with E-state index in [1.165, 1.54) is 34.0 Å². The molecule has 0 aromatic heterocycles. The fourth-order valence-electron chi connectivity index (χ4n) is 1.98. The SMILES string of the molecule is CC(C)Sc1ccccc1.CCSCC.CO.COC(=N)C(Cl)(Cl)Cl.CSC(C)C.Cc1ccc(SC(C)C)cc1. The second-order valence-electron chi connectivity index (χ2n) is 8.56. The Morgan fingerprint density at radius 3 is 1.37 bits per heavy atom. The Bertz CT molecular complexity index is 803. The number of thioether (sulfide) groups is 4. The average Bonchev–Trinajstić information content (AvgIpc) is 2.92. The van der Waals surface area contributed by atoms with Gasteiger partial charge in [-0.1, -0.05) is 126 Å². The minimum Gasteiger partial charge on any atom is -0.481 e. The molecule has 0 unspecified atom stereocenters. The molecule has 2 N–H and O–H groups in total. The highest BCUT2D eigenvalue weighted by Crippen LogP contribution is 2.27. The maximum Gasteiger partial charge on any atom is 0.265 e. The summed E-state index contributed by atoms with van der Waals surface area (Å²) < 4.78 is 2.59. The van der Waals surface area contributed by atoms with Crippen molar-refractivity contribution >= 4 is 87.7 Å². The van der Waals surface area contributed by atoms with Crippen molar-refractivity contribution in [2.24, 2.45) is 0 Å². The first kappa shape index (κ1) is 48.1. The molecular formula is C31H54Cl3NO2S4. The predicted molar refractivity (Wildman–Crippen MR) is 200 cm³/mol. The predicted octanol–water partition coefficient (Wildman–Crippen LogP) is 11.8. The zero-order chi connectivity index (χ0) is 32.9. The third kappa shape index (κ3) is 40.1. The van der Waals surface area contributed by atoms with Gasteiger partial charge in [0.15, 0.2) is 0 Å². The molecule has 0 heterocycles.